The van der Waals surface area contributed by atoms with E-state index < -0.39 is 5.97 Å². The van der Waals surface area contributed by atoms with Crippen molar-refractivity contribution in [3.05, 3.63) is 77.4 Å². The van der Waals surface area contributed by atoms with E-state index >= 15 is 0 Å². The lowest BCUT2D eigenvalue weighted by atomic mass is 10.1. The maximum atomic E-state index is 11.9. The first-order valence-electron chi connectivity index (χ1n) is 8.91. The summed E-state index contributed by atoms with van der Waals surface area (Å²) < 4.78 is 0. The molecule has 1 amide bonds. The van der Waals surface area contributed by atoms with Crippen LogP contribution in [0.5, 0.6) is 0 Å². The molecular formula is C22H25NO3. The molecule has 2 N–H and O–H groups in total. The third-order valence-corrected chi connectivity index (χ3v) is 4.02. The van der Waals surface area contributed by atoms with Crippen LogP contribution in [-0.4, -0.2) is 17.0 Å². The van der Waals surface area contributed by atoms with E-state index in [0.717, 1.165) is 23.1 Å². The van der Waals surface area contributed by atoms with Crippen molar-refractivity contribution in [2.24, 2.45) is 0 Å². The number of rotatable bonds is 10. The van der Waals surface area contributed by atoms with Gasteiger partial charge in [-0.2, -0.15) is 0 Å². The molecule has 0 aromatic heterocycles. The molecule has 0 aliphatic rings. The lowest BCUT2D eigenvalue weighted by molar-refractivity contribution is -0.137. The number of carboxylic acids is 1. The van der Waals surface area contributed by atoms with Crippen molar-refractivity contribution in [1.82, 2.24) is 5.32 Å². The summed E-state index contributed by atoms with van der Waals surface area (Å²) in [5.74, 6) is -0.726. The van der Waals surface area contributed by atoms with E-state index in [-0.39, 0.29) is 12.3 Å². The fourth-order valence-electron chi connectivity index (χ4n) is 2.55. The SMILES string of the molecule is O=C(O)CCCc1ccc(CNC(=O)CC/C=C/c2ccccc2)cc1. The highest BCUT2D eigenvalue weighted by Gasteiger charge is 2.01. The van der Waals surface area contributed by atoms with E-state index in [0.29, 0.717) is 25.8 Å². The zero-order valence-corrected chi connectivity index (χ0v) is 14.9. The monoisotopic (exact) mass is 351 g/mol. The van der Waals surface area contributed by atoms with Gasteiger partial charge in [-0.25, -0.2) is 0 Å². The number of benzene rings is 2. The van der Waals surface area contributed by atoms with Gasteiger partial charge < -0.3 is 10.4 Å². The second-order valence-corrected chi connectivity index (χ2v) is 6.19. The van der Waals surface area contributed by atoms with Gasteiger partial charge >= 0.3 is 5.97 Å². The van der Waals surface area contributed by atoms with Gasteiger partial charge in [-0.15, -0.1) is 0 Å². The third-order valence-electron chi connectivity index (χ3n) is 4.02. The van der Waals surface area contributed by atoms with Crippen LogP contribution in [0.2, 0.25) is 0 Å². The Morgan fingerprint density at radius 1 is 0.923 bits per heavy atom. The molecule has 2 aromatic rings. The molecule has 0 radical (unpaired) electrons. The molecular weight excluding hydrogens is 326 g/mol. The molecule has 0 spiro atoms. The van der Waals surface area contributed by atoms with Crippen molar-refractivity contribution >= 4 is 18.0 Å². The van der Waals surface area contributed by atoms with Crippen LogP contribution < -0.4 is 5.32 Å². The molecule has 0 bridgehead atoms. The normalized spacial score (nSPS) is 10.8. The Morgan fingerprint density at radius 2 is 1.62 bits per heavy atom. The zero-order chi connectivity index (χ0) is 18.6. The number of aryl methyl sites for hydroxylation is 1. The number of aliphatic carboxylic acids is 1. The average molecular weight is 351 g/mol. The van der Waals surface area contributed by atoms with Crippen molar-refractivity contribution in [2.45, 2.75) is 38.6 Å². The Hall–Kier alpha value is -2.88. The minimum Gasteiger partial charge on any atom is -0.481 e. The first-order chi connectivity index (χ1) is 12.6. The van der Waals surface area contributed by atoms with Gasteiger partial charge in [0.05, 0.1) is 0 Å². The van der Waals surface area contributed by atoms with Crippen molar-refractivity contribution in [1.29, 1.82) is 0 Å². The third kappa shape index (κ3) is 7.79. The average Bonchev–Trinajstić information content (AvgIpc) is 2.65. The van der Waals surface area contributed by atoms with E-state index in [9.17, 15) is 9.59 Å². The topological polar surface area (TPSA) is 66.4 Å². The Labute approximate surface area is 154 Å². The van der Waals surface area contributed by atoms with Crippen LogP contribution in [0.1, 0.15) is 42.4 Å². The van der Waals surface area contributed by atoms with Crippen molar-refractivity contribution < 1.29 is 14.7 Å². The van der Waals surface area contributed by atoms with Crippen LogP contribution in [0.4, 0.5) is 0 Å². The summed E-state index contributed by atoms with van der Waals surface area (Å²) in [5.41, 5.74) is 3.30. The number of carbonyl (C=O) groups excluding carboxylic acids is 1. The molecule has 0 saturated heterocycles. The molecule has 2 rings (SSSR count). The number of nitrogens with one attached hydrogen (secondary N) is 1. The quantitative estimate of drug-likeness (QED) is 0.674. The van der Waals surface area contributed by atoms with Crippen LogP contribution in [0.25, 0.3) is 6.08 Å². The highest BCUT2D eigenvalue weighted by atomic mass is 16.4. The molecule has 0 unspecified atom stereocenters. The van der Waals surface area contributed by atoms with Gasteiger partial charge in [0.2, 0.25) is 5.91 Å². The molecule has 0 aliphatic heterocycles. The van der Waals surface area contributed by atoms with E-state index in [1.807, 2.05) is 66.7 Å². The molecule has 0 atom stereocenters. The lowest BCUT2D eigenvalue weighted by Crippen LogP contribution is -2.22. The maximum absolute atomic E-state index is 11.9. The first-order valence-corrected chi connectivity index (χ1v) is 8.91. The molecule has 0 fully saturated rings. The molecule has 0 aliphatic carbocycles. The van der Waals surface area contributed by atoms with Gasteiger partial charge in [-0.3, -0.25) is 9.59 Å². The largest absolute Gasteiger partial charge is 0.481 e. The summed E-state index contributed by atoms with van der Waals surface area (Å²) in [6.07, 6.45) is 6.81. The molecule has 136 valence electrons. The van der Waals surface area contributed by atoms with Gasteiger partial charge in [-0.1, -0.05) is 66.7 Å². The summed E-state index contributed by atoms with van der Waals surface area (Å²) in [6.45, 7) is 0.511. The van der Waals surface area contributed by atoms with Crippen LogP contribution in [0.15, 0.2) is 60.7 Å². The van der Waals surface area contributed by atoms with Crippen LogP contribution in [-0.2, 0) is 22.6 Å². The highest BCUT2D eigenvalue weighted by molar-refractivity contribution is 5.76. The summed E-state index contributed by atoms with van der Waals surface area (Å²) in [7, 11) is 0. The van der Waals surface area contributed by atoms with Gasteiger partial charge in [0, 0.05) is 19.4 Å². The number of allylic oxidation sites excluding steroid dienone is 1. The molecule has 0 heterocycles. The molecule has 4 heteroatoms. The molecule has 26 heavy (non-hydrogen) atoms. The van der Waals surface area contributed by atoms with E-state index in [2.05, 4.69) is 5.32 Å². The number of carbonyl (C=O) groups is 2. The Morgan fingerprint density at radius 3 is 2.31 bits per heavy atom. The van der Waals surface area contributed by atoms with Crippen molar-refractivity contribution in [2.75, 3.05) is 0 Å². The summed E-state index contributed by atoms with van der Waals surface area (Å²) in [6, 6.07) is 18.0. The minimum atomic E-state index is -0.761. The van der Waals surface area contributed by atoms with Gasteiger partial charge in [0.15, 0.2) is 0 Å². The minimum absolute atomic E-state index is 0.0354. The standard InChI is InChI=1S/C22H25NO3/c24-21(11-5-4-9-18-7-2-1-3-8-18)23-17-20-15-13-19(14-16-20)10-6-12-22(25)26/h1-4,7-9,13-16H,5-6,10-12,17H2,(H,23,24)(H,25,26)/b9-4+. The Bertz CT molecular complexity index is 721. The fraction of sp³-hybridized carbons (Fsp3) is 0.273. The van der Waals surface area contributed by atoms with Crippen molar-refractivity contribution in [3.63, 3.8) is 0 Å². The van der Waals surface area contributed by atoms with E-state index in [1.54, 1.807) is 0 Å². The number of amides is 1. The fourth-order valence-corrected chi connectivity index (χ4v) is 2.55. The number of carboxylic acid groups (broad SMARTS) is 1. The maximum Gasteiger partial charge on any atom is 0.303 e. The first kappa shape index (κ1) is 19.4. The summed E-state index contributed by atoms with van der Waals surface area (Å²) in [4.78, 5) is 22.4. The van der Waals surface area contributed by atoms with Crippen LogP contribution in [0.3, 0.4) is 0 Å². The van der Waals surface area contributed by atoms with Gasteiger partial charge in [-0.05, 0) is 36.0 Å². The van der Waals surface area contributed by atoms with Crippen molar-refractivity contribution in [3.8, 4) is 0 Å². The molecule has 4 nitrogen and oxygen atoms in total. The summed E-state index contributed by atoms with van der Waals surface area (Å²) in [5, 5.41) is 11.6. The highest BCUT2D eigenvalue weighted by Crippen LogP contribution is 2.08. The van der Waals surface area contributed by atoms with Gasteiger partial charge in [0.1, 0.15) is 0 Å². The number of hydrogen-bond donors (Lipinski definition) is 2. The van der Waals surface area contributed by atoms with Gasteiger partial charge in [0.25, 0.3) is 0 Å². The smallest absolute Gasteiger partial charge is 0.303 e. The molecule has 2 aromatic carbocycles. The van der Waals surface area contributed by atoms with Crippen LogP contribution in [0, 0.1) is 0 Å². The Balaban J connectivity index is 1.65. The van der Waals surface area contributed by atoms with E-state index in [1.165, 1.54) is 0 Å². The Kier molecular flexibility index (Phi) is 8.13. The van der Waals surface area contributed by atoms with Crippen LogP contribution >= 0.6 is 0 Å². The summed E-state index contributed by atoms with van der Waals surface area (Å²) >= 11 is 0. The predicted octanol–water partition coefficient (Wildman–Crippen LogP) is 4.20. The second kappa shape index (κ2) is 10.9. The lowest BCUT2D eigenvalue weighted by Gasteiger charge is -2.06. The second-order valence-electron chi connectivity index (χ2n) is 6.19. The molecule has 0 saturated carbocycles. The zero-order valence-electron chi connectivity index (χ0n) is 14.9. The predicted molar refractivity (Wildman–Crippen MR) is 104 cm³/mol. The number of hydrogen-bond acceptors (Lipinski definition) is 2. The van der Waals surface area contributed by atoms with E-state index in [4.69, 9.17) is 5.11 Å².